The summed E-state index contributed by atoms with van der Waals surface area (Å²) < 4.78 is 10.8. The van der Waals surface area contributed by atoms with Crippen LogP contribution in [0.3, 0.4) is 0 Å². The Morgan fingerprint density at radius 3 is 2.55 bits per heavy atom. The van der Waals surface area contributed by atoms with E-state index in [0.717, 1.165) is 5.57 Å². The molecule has 0 spiro atoms. The van der Waals surface area contributed by atoms with E-state index < -0.39 is 16.8 Å². The van der Waals surface area contributed by atoms with Gasteiger partial charge in [-0.25, -0.2) is 4.90 Å². The number of hydrogen-bond donors (Lipinski definition) is 0. The number of nitrogens with zero attached hydrogens (tertiary/aromatic N) is 3. The standard InChI is InChI=1S/C27H25N3O8/c1-15-6-8-20-21(10-15)26(33)29(25(20)32)17-4-3-5-19(12-17)38-27(34)16-11-24(31)28(14-16)22-9-7-18(30(35)36)13-23(22)37-2/h3-7,9,12-13,16,20-21H,8,10-11,14H2,1-2H3/t16-,20-,21-/m1/s1. The number of imide groups is 1. The van der Waals surface area contributed by atoms with Crippen LogP contribution < -0.4 is 19.3 Å². The molecule has 3 aliphatic rings. The zero-order valence-corrected chi connectivity index (χ0v) is 20.8. The molecule has 0 N–H and O–H groups in total. The molecule has 2 aromatic carbocycles. The highest BCUT2D eigenvalue weighted by atomic mass is 16.6. The van der Waals surface area contributed by atoms with Crippen LogP contribution in [0.2, 0.25) is 0 Å². The fraction of sp³-hybridized carbons (Fsp3) is 0.333. The molecular formula is C27H25N3O8. The minimum Gasteiger partial charge on any atom is -0.494 e. The Bertz CT molecular complexity index is 1400. The van der Waals surface area contributed by atoms with Gasteiger partial charge in [0.1, 0.15) is 11.5 Å². The van der Waals surface area contributed by atoms with Crippen molar-refractivity contribution < 1.29 is 33.6 Å². The van der Waals surface area contributed by atoms with Crippen molar-refractivity contribution in [2.75, 3.05) is 23.5 Å². The highest BCUT2D eigenvalue weighted by Gasteiger charge is 2.48. The number of nitro groups is 1. The predicted molar refractivity (Wildman–Crippen MR) is 135 cm³/mol. The average Bonchev–Trinajstić information content (AvgIpc) is 3.40. The second-order valence-electron chi connectivity index (χ2n) is 9.65. The Morgan fingerprint density at radius 2 is 1.82 bits per heavy atom. The monoisotopic (exact) mass is 519 g/mol. The predicted octanol–water partition coefficient (Wildman–Crippen LogP) is 3.41. The Morgan fingerprint density at radius 1 is 1.05 bits per heavy atom. The molecule has 196 valence electrons. The lowest BCUT2D eigenvalue weighted by atomic mass is 9.82. The number of allylic oxidation sites excluding steroid dienone is 2. The smallest absolute Gasteiger partial charge is 0.316 e. The van der Waals surface area contributed by atoms with Gasteiger partial charge in [-0.1, -0.05) is 17.7 Å². The Balaban J connectivity index is 1.30. The molecule has 2 saturated heterocycles. The van der Waals surface area contributed by atoms with Gasteiger partial charge in [0.2, 0.25) is 17.7 Å². The zero-order chi connectivity index (χ0) is 27.1. The second kappa shape index (κ2) is 9.73. The minimum absolute atomic E-state index is 0.00430. The number of hydrogen-bond acceptors (Lipinski definition) is 8. The maximum Gasteiger partial charge on any atom is 0.316 e. The van der Waals surface area contributed by atoms with Crippen LogP contribution in [0.1, 0.15) is 26.2 Å². The van der Waals surface area contributed by atoms with Gasteiger partial charge < -0.3 is 14.4 Å². The molecule has 38 heavy (non-hydrogen) atoms. The van der Waals surface area contributed by atoms with E-state index >= 15 is 0 Å². The maximum atomic E-state index is 13.0. The lowest BCUT2D eigenvalue weighted by molar-refractivity contribution is -0.384. The van der Waals surface area contributed by atoms with Crippen molar-refractivity contribution in [3.05, 3.63) is 64.2 Å². The molecule has 0 radical (unpaired) electrons. The number of carbonyl (C=O) groups is 4. The summed E-state index contributed by atoms with van der Waals surface area (Å²) in [6.07, 6.45) is 2.95. The summed E-state index contributed by atoms with van der Waals surface area (Å²) in [5.74, 6) is -2.80. The van der Waals surface area contributed by atoms with Gasteiger partial charge in [0, 0.05) is 25.1 Å². The van der Waals surface area contributed by atoms with Crippen molar-refractivity contribution in [3.8, 4) is 11.5 Å². The van der Waals surface area contributed by atoms with Crippen molar-refractivity contribution in [2.24, 2.45) is 17.8 Å². The molecular weight excluding hydrogens is 494 g/mol. The highest BCUT2D eigenvalue weighted by molar-refractivity contribution is 6.22. The molecule has 11 nitrogen and oxygen atoms in total. The molecule has 3 atom stereocenters. The topological polar surface area (TPSA) is 136 Å². The molecule has 3 amide bonds. The van der Waals surface area contributed by atoms with Crippen LogP contribution in [-0.4, -0.2) is 42.3 Å². The molecule has 0 aromatic heterocycles. The first-order chi connectivity index (χ1) is 18.2. The van der Waals surface area contributed by atoms with Crippen molar-refractivity contribution in [1.29, 1.82) is 0 Å². The number of fused-ring (bicyclic) bond motifs is 1. The fourth-order valence-corrected chi connectivity index (χ4v) is 5.28. The molecule has 0 unspecified atom stereocenters. The third-order valence-corrected chi connectivity index (χ3v) is 7.24. The number of carbonyl (C=O) groups excluding carboxylic acids is 4. The number of non-ortho nitro benzene ring substituents is 1. The zero-order valence-electron chi connectivity index (χ0n) is 20.8. The van der Waals surface area contributed by atoms with Crippen LogP contribution in [-0.2, 0) is 19.2 Å². The first-order valence-corrected chi connectivity index (χ1v) is 12.2. The number of ether oxygens (including phenoxy) is 2. The van der Waals surface area contributed by atoms with Gasteiger partial charge in [0.05, 0.1) is 47.2 Å². The lowest BCUT2D eigenvalue weighted by Gasteiger charge is -2.19. The average molecular weight is 520 g/mol. The third-order valence-electron chi connectivity index (χ3n) is 7.24. The van der Waals surface area contributed by atoms with E-state index in [2.05, 4.69) is 0 Å². The number of nitro benzene ring substituents is 1. The van der Waals surface area contributed by atoms with Crippen molar-refractivity contribution in [2.45, 2.75) is 26.2 Å². The number of esters is 1. The van der Waals surface area contributed by atoms with Crippen LogP contribution in [0.5, 0.6) is 11.5 Å². The van der Waals surface area contributed by atoms with Crippen LogP contribution in [0.4, 0.5) is 17.1 Å². The summed E-state index contributed by atoms with van der Waals surface area (Å²) in [7, 11) is 1.34. The number of benzene rings is 2. The number of rotatable bonds is 6. The first kappa shape index (κ1) is 25.1. The number of anilines is 2. The van der Waals surface area contributed by atoms with Gasteiger partial charge in [0.25, 0.3) is 5.69 Å². The Hall–Kier alpha value is -4.54. The van der Waals surface area contributed by atoms with E-state index in [1.807, 2.05) is 13.0 Å². The number of methoxy groups -OCH3 is 1. The molecule has 0 saturated carbocycles. The second-order valence-corrected chi connectivity index (χ2v) is 9.65. The van der Waals surface area contributed by atoms with Crippen LogP contribution in [0.25, 0.3) is 0 Å². The summed E-state index contributed by atoms with van der Waals surface area (Å²) in [5, 5.41) is 11.1. The molecule has 5 rings (SSSR count). The van der Waals surface area contributed by atoms with E-state index in [9.17, 15) is 29.3 Å². The molecule has 0 bridgehead atoms. The van der Waals surface area contributed by atoms with Gasteiger partial charge in [-0.3, -0.25) is 29.3 Å². The normalized spacial score (nSPS) is 22.8. The van der Waals surface area contributed by atoms with Gasteiger partial charge in [-0.15, -0.1) is 0 Å². The van der Waals surface area contributed by atoms with Gasteiger partial charge in [0.15, 0.2) is 0 Å². The van der Waals surface area contributed by atoms with Crippen molar-refractivity contribution in [1.82, 2.24) is 0 Å². The summed E-state index contributed by atoms with van der Waals surface area (Å²) in [4.78, 5) is 64.7. The number of amides is 3. The third kappa shape index (κ3) is 4.40. The maximum absolute atomic E-state index is 13.0. The molecule has 2 heterocycles. The Kier molecular flexibility index (Phi) is 6.43. The van der Waals surface area contributed by atoms with E-state index in [4.69, 9.17) is 9.47 Å². The highest BCUT2D eigenvalue weighted by Crippen LogP contribution is 2.41. The van der Waals surface area contributed by atoms with Gasteiger partial charge >= 0.3 is 5.97 Å². The SMILES string of the molecule is COc1cc([N+](=O)[O-])ccc1N1C[C@H](C(=O)Oc2cccc(N3C(=O)[C@@H]4CC=C(C)C[C@H]4C3=O)c2)CC1=O. The molecule has 1 aliphatic carbocycles. The van der Waals surface area contributed by atoms with Crippen LogP contribution in [0, 0.1) is 27.9 Å². The summed E-state index contributed by atoms with van der Waals surface area (Å²) >= 11 is 0. The summed E-state index contributed by atoms with van der Waals surface area (Å²) in [6, 6.07) is 10.1. The molecule has 11 heteroatoms. The van der Waals surface area contributed by atoms with E-state index in [1.165, 1.54) is 41.2 Å². The van der Waals surface area contributed by atoms with Crippen molar-refractivity contribution in [3.63, 3.8) is 0 Å². The van der Waals surface area contributed by atoms with Gasteiger partial charge in [-0.2, -0.15) is 0 Å². The Labute approximate surface area is 217 Å². The van der Waals surface area contributed by atoms with E-state index in [0.29, 0.717) is 24.2 Å². The molecule has 2 aliphatic heterocycles. The quantitative estimate of drug-likeness (QED) is 0.141. The van der Waals surface area contributed by atoms with Crippen molar-refractivity contribution >= 4 is 40.8 Å². The fourth-order valence-electron chi connectivity index (χ4n) is 5.28. The van der Waals surface area contributed by atoms with Gasteiger partial charge in [-0.05, 0) is 38.0 Å². The van der Waals surface area contributed by atoms with E-state index in [-0.39, 0.29) is 59.7 Å². The first-order valence-electron chi connectivity index (χ1n) is 12.2. The van der Waals surface area contributed by atoms with E-state index in [1.54, 1.807) is 18.2 Å². The minimum atomic E-state index is -0.793. The lowest BCUT2D eigenvalue weighted by Crippen LogP contribution is -2.31. The molecule has 2 aromatic rings. The largest absolute Gasteiger partial charge is 0.494 e. The van der Waals surface area contributed by atoms with Crippen LogP contribution in [0.15, 0.2) is 54.1 Å². The van der Waals surface area contributed by atoms with Crippen LogP contribution >= 0.6 is 0 Å². The molecule has 2 fully saturated rings. The summed E-state index contributed by atoms with van der Waals surface area (Å²) in [5.41, 5.74) is 1.55. The summed E-state index contributed by atoms with van der Waals surface area (Å²) in [6.45, 7) is 1.95.